The minimum Gasteiger partial charge on any atom is -0.480 e. The van der Waals surface area contributed by atoms with E-state index < -0.39 is 12.0 Å². The van der Waals surface area contributed by atoms with E-state index in [2.05, 4.69) is 0 Å². The van der Waals surface area contributed by atoms with E-state index in [-0.39, 0.29) is 22.1 Å². The zero-order valence-corrected chi connectivity index (χ0v) is 13.5. The molecular weight excluding hydrogens is 262 g/mol. The summed E-state index contributed by atoms with van der Waals surface area (Å²) in [6.07, 6.45) is 0.379. The lowest BCUT2D eigenvalue weighted by molar-refractivity contribution is -0.151. The van der Waals surface area contributed by atoms with Crippen molar-refractivity contribution in [2.75, 3.05) is 5.75 Å². The van der Waals surface area contributed by atoms with Gasteiger partial charge in [0.1, 0.15) is 6.04 Å². The summed E-state index contributed by atoms with van der Waals surface area (Å²) < 4.78 is 0. The Morgan fingerprint density at radius 1 is 1.21 bits per heavy atom. The molecule has 0 bridgehead atoms. The van der Waals surface area contributed by atoms with E-state index in [9.17, 15) is 14.7 Å². The van der Waals surface area contributed by atoms with E-state index in [1.165, 1.54) is 0 Å². The van der Waals surface area contributed by atoms with E-state index in [0.29, 0.717) is 12.2 Å². The van der Waals surface area contributed by atoms with Crippen LogP contribution in [0.3, 0.4) is 0 Å². The molecule has 19 heavy (non-hydrogen) atoms. The normalized spacial score (nSPS) is 24.6. The highest BCUT2D eigenvalue weighted by Crippen LogP contribution is 2.41. The topological polar surface area (TPSA) is 57.6 Å². The van der Waals surface area contributed by atoms with Crippen LogP contribution in [0.15, 0.2) is 0 Å². The number of carbonyl (C=O) groups is 2. The van der Waals surface area contributed by atoms with Crippen LogP contribution in [-0.4, -0.2) is 39.1 Å². The molecule has 1 aliphatic heterocycles. The first-order valence-electron chi connectivity index (χ1n) is 6.59. The minimum absolute atomic E-state index is 0.0511. The lowest BCUT2D eigenvalue weighted by atomic mass is 9.89. The molecule has 1 fully saturated rings. The average molecular weight is 287 g/mol. The number of thioether (sulfide) groups is 1. The van der Waals surface area contributed by atoms with Gasteiger partial charge in [0.25, 0.3) is 0 Å². The van der Waals surface area contributed by atoms with Gasteiger partial charge in [0.2, 0.25) is 5.91 Å². The highest BCUT2D eigenvalue weighted by Gasteiger charge is 2.46. The van der Waals surface area contributed by atoms with E-state index in [1.54, 1.807) is 16.7 Å². The number of hydrogen-bond donors (Lipinski definition) is 1. The number of carboxylic acid groups (broad SMARTS) is 1. The maximum Gasteiger partial charge on any atom is 0.327 e. The Morgan fingerprint density at radius 2 is 1.74 bits per heavy atom. The molecule has 1 heterocycles. The van der Waals surface area contributed by atoms with Crippen molar-refractivity contribution in [3.8, 4) is 0 Å². The van der Waals surface area contributed by atoms with Gasteiger partial charge in [0.15, 0.2) is 0 Å². The predicted octanol–water partition coefficient (Wildman–Crippen LogP) is 2.82. The summed E-state index contributed by atoms with van der Waals surface area (Å²) in [7, 11) is 0. The number of carboxylic acids is 1. The molecule has 0 aromatic heterocycles. The SMILES string of the molecule is CC(C)(C)CC(=O)N1C(C(=O)O)CSC1C(C)(C)C. The van der Waals surface area contributed by atoms with Gasteiger partial charge >= 0.3 is 5.97 Å². The highest BCUT2D eigenvalue weighted by molar-refractivity contribution is 8.00. The molecule has 1 aliphatic rings. The quantitative estimate of drug-likeness (QED) is 0.848. The molecule has 0 aliphatic carbocycles. The summed E-state index contributed by atoms with van der Waals surface area (Å²) in [6.45, 7) is 12.1. The molecule has 1 amide bonds. The van der Waals surface area contributed by atoms with Gasteiger partial charge in [-0.3, -0.25) is 4.79 Å². The van der Waals surface area contributed by atoms with Crippen LogP contribution in [0.4, 0.5) is 0 Å². The van der Waals surface area contributed by atoms with Crippen LogP contribution >= 0.6 is 11.8 Å². The van der Waals surface area contributed by atoms with Crippen LogP contribution in [0.5, 0.6) is 0 Å². The molecule has 0 aromatic carbocycles. The number of carbonyl (C=O) groups excluding carboxylic acids is 1. The fourth-order valence-electron chi connectivity index (χ4n) is 2.21. The predicted molar refractivity (Wildman–Crippen MR) is 78.0 cm³/mol. The van der Waals surface area contributed by atoms with Gasteiger partial charge in [-0.1, -0.05) is 41.5 Å². The van der Waals surface area contributed by atoms with Crippen molar-refractivity contribution < 1.29 is 14.7 Å². The van der Waals surface area contributed by atoms with E-state index >= 15 is 0 Å². The van der Waals surface area contributed by atoms with Gasteiger partial charge in [0, 0.05) is 12.2 Å². The van der Waals surface area contributed by atoms with E-state index in [4.69, 9.17) is 0 Å². The summed E-state index contributed by atoms with van der Waals surface area (Å²) >= 11 is 1.57. The molecule has 2 unspecified atom stereocenters. The molecule has 2 atom stereocenters. The van der Waals surface area contributed by atoms with E-state index in [1.807, 2.05) is 41.5 Å². The third kappa shape index (κ3) is 4.13. The first-order valence-corrected chi connectivity index (χ1v) is 7.64. The van der Waals surface area contributed by atoms with Crippen LogP contribution in [0.1, 0.15) is 48.0 Å². The lowest BCUT2D eigenvalue weighted by Gasteiger charge is -2.37. The third-order valence-electron chi connectivity index (χ3n) is 3.00. The lowest BCUT2D eigenvalue weighted by Crippen LogP contribution is -2.50. The fourth-order valence-corrected chi connectivity index (χ4v) is 3.81. The second kappa shape index (κ2) is 5.35. The first kappa shape index (κ1) is 16.3. The Kier molecular flexibility index (Phi) is 4.60. The summed E-state index contributed by atoms with van der Waals surface area (Å²) in [5.41, 5.74) is -0.252. The Hall–Kier alpha value is -0.710. The number of nitrogens with zero attached hydrogens (tertiary/aromatic N) is 1. The maximum absolute atomic E-state index is 12.5. The first-order chi connectivity index (χ1) is 8.43. The molecule has 1 N–H and O–H groups in total. The van der Waals surface area contributed by atoms with Crippen molar-refractivity contribution in [1.29, 1.82) is 0 Å². The summed E-state index contributed by atoms with van der Waals surface area (Å²) in [5, 5.41) is 9.24. The molecule has 1 rings (SSSR count). The molecule has 1 saturated heterocycles. The average Bonchev–Trinajstić information content (AvgIpc) is 2.57. The zero-order valence-electron chi connectivity index (χ0n) is 12.7. The summed E-state index contributed by atoms with van der Waals surface area (Å²) in [4.78, 5) is 25.4. The van der Waals surface area contributed by atoms with Crippen LogP contribution in [0.2, 0.25) is 0 Å². The van der Waals surface area contributed by atoms with Crippen molar-refractivity contribution >= 4 is 23.6 Å². The zero-order chi connectivity index (χ0) is 15.0. The number of aliphatic carboxylic acids is 1. The van der Waals surface area contributed by atoms with Gasteiger partial charge in [-0.15, -0.1) is 11.8 Å². The van der Waals surface area contributed by atoms with Crippen molar-refractivity contribution in [3.63, 3.8) is 0 Å². The molecule has 5 heteroatoms. The molecule has 110 valence electrons. The Balaban J connectivity index is 2.99. The van der Waals surface area contributed by atoms with Gasteiger partial charge in [0.05, 0.1) is 5.37 Å². The fraction of sp³-hybridized carbons (Fsp3) is 0.857. The van der Waals surface area contributed by atoms with Gasteiger partial charge in [-0.05, 0) is 10.8 Å². The maximum atomic E-state index is 12.5. The van der Waals surface area contributed by atoms with E-state index in [0.717, 1.165) is 0 Å². The second-order valence-electron chi connectivity index (χ2n) is 7.44. The van der Waals surface area contributed by atoms with Gasteiger partial charge in [-0.25, -0.2) is 4.79 Å². The third-order valence-corrected chi connectivity index (χ3v) is 4.75. The smallest absolute Gasteiger partial charge is 0.327 e. The van der Waals surface area contributed by atoms with Crippen molar-refractivity contribution in [3.05, 3.63) is 0 Å². The molecule has 0 saturated carbocycles. The largest absolute Gasteiger partial charge is 0.480 e. The molecule has 0 spiro atoms. The van der Waals surface area contributed by atoms with Crippen molar-refractivity contribution in [1.82, 2.24) is 4.90 Å². The van der Waals surface area contributed by atoms with Gasteiger partial charge in [-0.2, -0.15) is 0 Å². The highest BCUT2D eigenvalue weighted by atomic mass is 32.2. The summed E-state index contributed by atoms with van der Waals surface area (Å²) in [6, 6.07) is -0.691. The molecule has 0 radical (unpaired) electrons. The van der Waals surface area contributed by atoms with Gasteiger partial charge < -0.3 is 10.0 Å². The van der Waals surface area contributed by atoms with Crippen LogP contribution in [0.25, 0.3) is 0 Å². The summed E-state index contributed by atoms with van der Waals surface area (Å²) in [5.74, 6) is -0.473. The number of amides is 1. The Morgan fingerprint density at radius 3 is 2.11 bits per heavy atom. The number of hydrogen-bond acceptors (Lipinski definition) is 3. The molecule has 4 nitrogen and oxygen atoms in total. The van der Waals surface area contributed by atoms with Crippen LogP contribution in [-0.2, 0) is 9.59 Å². The molecular formula is C14H25NO3S. The Labute approximate surface area is 119 Å². The minimum atomic E-state index is -0.901. The standard InChI is InChI=1S/C14H25NO3S/c1-13(2,3)7-10(16)15-9(11(17)18)8-19-12(15)14(4,5)6/h9,12H,7-8H2,1-6H3,(H,17,18). The monoisotopic (exact) mass is 287 g/mol. The van der Waals surface area contributed by atoms with Crippen molar-refractivity contribution in [2.45, 2.75) is 59.4 Å². The van der Waals surface area contributed by atoms with Crippen molar-refractivity contribution in [2.24, 2.45) is 10.8 Å². The second-order valence-corrected chi connectivity index (χ2v) is 8.56. The van der Waals surface area contributed by atoms with Crippen LogP contribution < -0.4 is 0 Å². The molecule has 0 aromatic rings. The Bertz CT molecular complexity index is 368. The van der Waals surface area contributed by atoms with Crippen LogP contribution in [0, 0.1) is 10.8 Å². The number of rotatable bonds is 2.